The van der Waals surface area contributed by atoms with Crippen molar-refractivity contribution in [2.45, 2.75) is 9.79 Å². The first-order chi connectivity index (χ1) is 43.2. The van der Waals surface area contributed by atoms with E-state index in [0.717, 1.165) is 96.0 Å². The van der Waals surface area contributed by atoms with Gasteiger partial charge in [-0.15, -0.1) is 0 Å². The maximum absolute atomic E-state index is 7.36. The van der Waals surface area contributed by atoms with Gasteiger partial charge in [0.2, 0.25) is 6.71 Å². The molecule has 0 bridgehead atoms. The average molecular weight is 1130 g/mol. The molecule has 0 spiro atoms. The van der Waals surface area contributed by atoms with Gasteiger partial charge in [-0.2, -0.15) is 0 Å². The predicted molar refractivity (Wildman–Crippen MR) is 366 cm³/mol. The highest BCUT2D eigenvalue weighted by Crippen LogP contribution is 2.52. The zero-order valence-electron chi connectivity index (χ0n) is 47.2. The second-order valence-electron chi connectivity index (χ2n) is 22.7. The summed E-state index contributed by atoms with van der Waals surface area (Å²) in [4.78, 5) is 12.3. The Labute approximate surface area is 510 Å². The summed E-state index contributed by atoms with van der Waals surface area (Å²) < 4.78 is 9.84. The minimum atomic E-state index is -0.176. The highest BCUT2D eigenvalue weighted by Gasteiger charge is 2.47. The molecule has 4 aliphatic heterocycles. The number of benzene rings is 13. The zero-order valence-corrected chi connectivity index (χ0v) is 48.0. The van der Waals surface area contributed by atoms with E-state index in [2.05, 4.69) is 334 Å². The van der Waals surface area contributed by atoms with Gasteiger partial charge in [-0.25, -0.2) is 0 Å². The maximum atomic E-state index is 7.36. The lowest BCUT2D eigenvalue weighted by atomic mass is 9.31. The minimum absolute atomic E-state index is 0.0928. The fraction of sp³-hybridized carbons (Fsp3) is 0. The summed E-state index contributed by atoms with van der Waals surface area (Å²) in [5, 5.41) is 2.38. The molecule has 13 aromatic carbocycles. The fourth-order valence-electron chi connectivity index (χ4n) is 14.5. The van der Waals surface area contributed by atoms with Crippen molar-refractivity contribution in [1.82, 2.24) is 4.57 Å². The van der Waals surface area contributed by atoms with Crippen molar-refractivity contribution < 1.29 is 4.74 Å². The van der Waals surface area contributed by atoms with Gasteiger partial charge in [-0.3, -0.25) is 0 Å². The lowest BCUT2D eigenvalue weighted by molar-refractivity contribution is 0.487. The van der Waals surface area contributed by atoms with Crippen LogP contribution >= 0.6 is 11.8 Å². The van der Waals surface area contributed by atoms with E-state index >= 15 is 0 Å². The van der Waals surface area contributed by atoms with Crippen LogP contribution in [0.15, 0.2) is 319 Å². The third-order valence-corrected chi connectivity index (χ3v) is 19.1. The van der Waals surface area contributed by atoms with Crippen molar-refractivity contribution in [1.29, 1.82) is 0 Å². The summed E-state index contributed by atoms with van der Waals surface area (Å²) in [5.74, 6) is 1.70. The first kappa shape index (κ1) is 49.6. The molecule has 0 N–H and O–H groups in total. The quantitative estimate of drug-likeness (QED) is 0.134. The Morgan fingerprint density at radius 3 is 1.46 bits per heavy atom. The van der Waals surface area contributed by atoms with Gasteiger partial charge in [-0.1, -0.05) is 199 Å². The number of anilines is 12. The minimum Gasteiger partial charge on any atom is -0.458 e. The molecule has 6 nitrogen and oxygen atoms in total. The number of ether oxygens (including phenoxy) is 1. The topological polar surface area (TPSA) is 27.1 Å². The van der Waals surface area contributed by atoms with Crippen LogP contribution in [0, 0.1) is 0 Å². The number of nitrogens with zero attached hydrogens (tertiary/aromatic N) is 5. The number of aromatic nitrogens is 1. The normalized spacial score (nSPS) is 13.0. The van der Waals surface area contributed by atoms with Crippen molar-refractivity contribution in [2.75, 3.05) is 19.6 Å². The molecule has 4 aliphatic rings. The Morgan fingerprint density at radius 2 is 0.805 bits per heavy atom. The smallest absolute Gasteiger partial charge is 0.256 e. The Morgan fingerprint density at radius 1 is 0.299 bits per heavy atom. The van der Waals surface area contributed by atoms with Crippen molar-refractivity contribution >= 4 is 148 Å². The van der Waals surface area contributed by atoms with E-state index in [9.17, 15) is 0 Å². The number of rotatable bonds is 9. The predicted octanol–water partition coefficient (Wildman–Crippen LogP) is 16.9. The van der Waals surface area contributed by atoms with Crippen molar-refractivity contribution in [2.24, 2.45) is 0 Å². The highest BCUT2D eigenvalue weighted by atomic mass is 32.2. The van der Waals surface area contributed by atoms with Crippen molar-refractivity contribution in [3.8, 4) is 17.2 Å². The largest absolute Gasteiger partial charge is 0.458 e. The lowest BCUT2D eigenvalue weighted by Crippen LogP contribution is -2.63. The summed E-state index contributed by atoms with van der Waals surface area (Å²) in [6, 6.07) is 113. The Kier molecular flexibility index (Phi) is 11.3. The molecule has 87 heavy (non-hydrogen) atoms. The number of hydrogen-bond donors (Lipinski definition) is 0. The monoisotopic (exact) mass is 1130 g/mol. The summed E-state index contributed by atoms with van der Waals surface area (Å²) in [6.45, 7) is -0.269. The lowest BCUT2D eigenvalue weighted by Gasteiger charge is -2.44. The van der Waals surface area contributed by atoms with Crippen LogP contribution < -0.4 is 57.1 Å². The molecular formula is C78H51B2N5OS. The van der Waals surface area contributed by atoms with E-state index in [1.165, 1.54) is 53.8 Å². The standard InChI is InChI=1S/C78H51B2N5OS/c1-7-26-52(27-8-1)81(53-28-9-2-10-29-53)58-46-70-76-73(48-58)86-72-45-24-21-41-63(72)80(76)64-50-65-74(51-69(64)85(70)68-44-25-39-61-60-38-19-22-42-66(60)84(78(61)68)57-36-17-6-18-37-57)87-75-49-59(82(54-30-11-3-12-31-54)55-32-13-4-14-33-55)47-71-77(75)79(65)62-40-20-23-43-67(62)83(71)56-34-15-5-16-35-56/h1-51H. The summed E-state index contributed by atoms with van der Waals surface area (Å²) in [7, 11) is 0. The van der Waals surface area contributed by atoms with E-state index in [-0.39, 0.29) is 13.4 Å². The van der Waals surface area contributed by atoms with Crippen molar-refractivity contribution in [3.05, 3.63) is 309 Å². The first-order valence-electron chi connectivity index (χ1n) is 29.8. The van der Waals surface area contributed by atoms with Gasteiger partial charge in [0.25, 0.3) is 6.71 Å². The maximum Gasteiger partial charge on any atom is 0.256 e. The number of para-hydroxylation sites is 10. The van der Waals surface area contributed by atoms with Crippen LogP contribution in [0.25, 0.3) is 27.5 Å². The Hall–Kier alpha value is -10.9. The molecule has 0 saturated heterocycles. The molecule has 406 valence electrons. The molecule has 0 radical (unpaired) electrons. The second kappa shape index (κ2) is 19.9. The molecule has 0 fully saturated rings. The number of hydrogen-bond acceptors (Lipinski definition) is 6. The van der Waals surface area contributed by atoms with Crippen LogP contribution in [0.4, 0.5) is 68.2 Å². The van der Waals surface area contributed by atoms with Gasteiger partial charge in [0.05, 0.1) is 22.4 Å². The van der Waals surface area contributed by atoms with E-state index in [0.29, 0.717) is 0 Å². The van der Waals surface area contributed by atoms with Gasteiger partial charge in [0.15, 0.2) is 0 Å². The summed E-state index contributed by atoms with van der Waals surface area (Å²) in [5.41, 5.74) is 23.9. The van der Waals surface area contributed by atoms with E-state index in [1.807, 2.05) is 11.8 Å². The molecule has 5 heterocycles. The molecule has 0 saturated carbocycles. The number of fused-ring (bicyclic) bond motifs is 11. The molecule has 18 rings (SSSR count). The van der Waals surface area contributed by atoms with Crippen LogP contribution in [0.3, 0.4) is 0 Å². The van der Waals surface area contributed by atoms with Crippen molar-refractivity contribution in [3.63, 3.8) is 0 Å². The summed E-state index contributed by atoms with van der Waals surface area (Å²) in [6.07, 6.45) is 0. The zero-order chi connectivity index (χ0) is 57.1. The Balaban J connectivity index is 0.947. The molecule has 1 aromatic heterocycles. The fourth-order valence-corrected chi connectivity index (χ4v) is 15.7. The molecule has 0 atom stereocenters. The molecule has 0 unspecified atom stereocenters. The van der Waals surface area contributed by atoms with Gasteiger partial charge in [0, 0.05) is 89.2 Å². The molecular weight excluding hydrogens is 1080 g/mol. The van der Waals surface area contributed by atoms with Crippen LogP contribution in [0.1, 0.15) is 0 Å². The van der Waals surface area contributed by atoms with Gasteiger partial charge < -0.3 is 28.9 Å². The molecule has 0 amide bonds. The van der Waals surface area contributed by atoms with Crippen LogP contribution in [0.2, 0.25) is 0 Å². The first-order valence-corrected chi connectivity index (χ1v) is 30.6. The van der Waals surface area contributed by atoms with E-state index in [4.69, 9.17) is 4.74 Å². The SMILES string of the molecule is c1ccc(N(c2ccccc2)c2cc3c4c(c2)N(c2cccc5c6ccccc6n(-c6ccccc6)c25)c2cc5c(cc2B4c2ccccc2O3)B2c3ccccc3N(c3ccccc3)c3cc(N(c4ccccc4)c4ccccc4)cc(c32)S5)cc1. The summed E-state index contributed by atoms with van der Waals surface area (Å²) >= 11 is 1.90. The second-order valence-corrected chi connectivity index (χ2v) is 23.8. The van der Waals surface area contributed by atoms with E-state index in [1.54, 1.807) is 0 Å². The average Bonchev–Trinajstić information content (AvgIpc) is 1.29. The molecule has 9 heteroatoms. The van der Waals surface area contributed by atoms with Gasteiger partial charge >= 0.3 is 0 Å². The van der Waals surface area contributed by atoms with Gasteiger partial charge in [-0.05, 0) is 149 Å². The van der Waals surface area contributed by atoms with E-state index < -0.39 is 0 Å². The molecule has 0 aliphatic carbocycles. The van der Waals surface area contributed by atoms with Gasteiger partial charge in [0.1, 0.15) is 11.5 Å². The molecule has 14 aromatic rings. The van der Waals surface area contributed by atoms with Crippen LogP contribution in [-0.2, 0) is 0 Å². The van der Waals surface area contributed by atoms with Crippen LogP contribution in [0.5, 0.6) is 11.5 Å². The Bertz CT molecular complexity index is 4950. The third-order valence-electron chi connectivity index (χ3n) is 18.0. The third kappa shape index (κ3) is 7.72. The van der Waals surface area contributed by atoms with Crippen LogP contribution in [-0.4, -0.2) is 18.0 Å². The highest BCUT2D eigenvalue weighted by molar-refractivity contribution is 8.00.